The van der Waals surface area contributed by atoms with Gasteiger partial charge < -0.3 is 34.8 Å². The number of aliphatic carboxylic acids is 2. The standard InChI is InChI=1S/C32H50FN7O3.C4H4O4/c1-9-37(8)16-25(41)15-27(21(2)3)39-18-32(19-39)12-13-38(17-32)29-30(36-35-20-34-29)43-28-11-10-24(33)14-26(28)31(42)40(22(4)5)23(6)7;5-3(6)1-2-4(7)8/h10-11,14,20-23,25,27,41H,9,12-13,15-19H2,1-8H3;1-2H,(H,5,6)(H,7,8)/b;2-1+. The molecule has 2 aliphatic heterocycles. The van der Waals surface area contributed by atoms with E-state index in [9.17, 15) is 23.9 Å². The van der Waals surface area contributed by atoms with E-state index in [-0.39, 0.29) is 46.7 Å². The number of carbonyl (C=O) groups excluding carboxylic acids is 1. The van der Waals surface area contributed by atoms with Crippen LogP contribution in [0.3, 0.4) is 0 Å². The highest BCUT2D eigenvalue weighted by atomic mass is 19.1. The molecule has 282 valence electrons. The molecule has 3 heterocycles. The lowest BCUT2D eigenvalue weighted by molar-refractivity contribution is -0.134. The van der Waals surface area contributed by atoms with Crippen LogP contribution >= 0.6 is 0 Å². The summed E-state index contributed by atoms with van der Waals surface area (Å²) >= 11 is 0. The molecule has 0 saturated carbocycles. The van der Waals surface area contributed by atoms with Crippen LogP contribution in [-0.2, 0) is 9.59 Å². The van der Waals surface area contributed by atoms with Crippen LogP contribution in [0, 0.1) is 17.2 Å². The second-order valence-electron chi connectivity index (χ2n) is 14.4. The second kappa shape index (κ2) is 18.3. The van der Waals surface area contributed by atoms with Gasteiger partial charge >= 0.3 is 11.9 Å². The van der Waals surface area contributed by atoms with Gasteiger partial charge in [-0.05, 0) is 78.2 Å². The van der Waals surface area contributed by atoms with Gasteiger partial charge in [-0.25, -0.2) is 19.0 Å². The van der Waals surface area contributed by atoms with E-state index in [1.165, 1.54) is 24.5 Å². The lowest BCUT2D eigenvalue weighted by atomic mass is 9.76. The first-order valence-corrected chi connectivity index (χ1v) is 17.4. The van der Waals surface area contributed by atoms with Crippen molar-refractivity contribution in [3.8, 4) is 11.6 Å². The predicted molar refractivity (Wildman–Crippen MR) is 190 cm³/mol. The molecule has 1 spiro atoms. The highest BCUT2D eigenvalue weighted by Crippen LogP contribution is 2.44. The summed E-state index contributed by atoms with van der Waals surface area (Å²) in [5.74, 6) is -1.91. The molecule has 14 nitrogen and oxygen atoms in total. The van der Waals surface area contributed by atoms with Gasteiger partial charge in [0.05, 0.1) is 11.7 Å². The zero-order chi connectivity index (χ0) is 38.0. The number of amides is 1. The Labute approximate surface area is 299 Å². The number of aliphatic hydroxyl groups excluding tert-OH is 1. The molecule has 0 radical (unpaired) electrons. The third kappa shape index (κ3) is 11.4. The average molecular weight is 716 g/mol. The Kier molecular flexibility index (Phi) is 14.8. The van der Waals surface area contributed by atoms with E-state index in [4.69, 9.17) is 14.9 Å². The van der Waals surface area contributed by atoms with Gasteiger partial charge in [-0.3, -0.25) is 9.69 Å². The van der Waals surface area contributed by atoms with Crippen LogP contribution in [0.2, 0.25) is 0 Å². The molecule has 2 fully saturated rings. The monoisotopic (exact) mass is 715 g/mol. The zero-order valence-electron chi connectivity index (χ0n) is 31.0. The second-order valence-corrected chi connectivity index (χ2v) is 14.4. The summed E-state index contributed by atoms with van der Waals surface area (Å²) in [7, 11) is 2.04. The molecule has 51 heavy (non-hydrogen) atoms. The number of carboxylic acids is 2. The summed E-state index contributed by atoms with van der Waals surface area (Å²) in [6, 6.07) is 4.14. The number of halogens is 1. The molecule has 1 amide bonds. The van der Waals surface area contributed by atoms with E-state index in [1.807, 2.05) is 34.7 Å². The average Bonchev–Trinajstić information content (AvgIpc) is 3.48. The van der Waals surface area contributed by atoms with Crippen molar-refractivity contribution >= 4 is 23.7 Å². The van der Waals surface area contributed by atoms with Gasteiger partial charge in [0.2, 0.25) is 0 Å². The Hall–Kier alpha value is -4.21. The lowest BCUT2D eigenvalue weighted by Gasteiger charge is -2.53. The fourth-order valence-electron chi connectivity index (χ4n) is 6.86. The van der Waals surface area contributed by atoms with Crippen molar-refractivity contribution in [3.63, 3.8) is 0 Å². The molecule has 1 aromatic heterocycles. The number of benzene rings is 1. The number of ether oxygens (including phenoxy) is 1. The molecule has 2 aromatic rings. The Morgan fingerprint density at radius 1 is 1.04 bits per heavy atom. The summed E-state index contributed by atoms with van der Waals surface area (Å²) in [5, 5.41) is 34.6. The third-order valence-corrected chi connectivity index (χ3v) is 9.30. The molecule has 2 unspecified atom stereocenters. The first-order valence-electron chi connectivity index (χ1n) is 17.4. The van der Waals surface area contributed by atoms with Crippen molar-refractivity contribution < 1.29 is 38.8 Å². The van der Waals surface area contributed by atoms with Crippen LogP contribution in [0.25, 0.3) is 0 Å². The van der Waals surface area contributed by atoms with Gasteiger partial charge in [0.25, 0.3) is 11.8 Å². The number of likely N-dealkylation sites (N-methyl/N-ethyl adjacent to an activating group) is 1. The summed E-state index contributed by atoms with van der Waals surface area (Å²) in [4.78, 5) is 45.7. The molecule has 2 saturated heterocycles. The maximum atomic E-state index is 14.4. The minimum atomic E-state index is -1.26. The lowest BCUT2D eigenvalue weighted by Crippen LogP contribution is -2.62. The SMILES string of the molecule is CCN(C)CC(O)CC(C(C)C)N1CC2(CCN(c3ncnnc3Oc3ccc(F)cc3C(=O)N(C(C)C)C(C)C)C2)C1.O=C(O)/C=C/C(=O)O. The van der Waals surface area contributed by atoms with Crippen LogP contribution in [-0.4, -0.2) is 134 Å². The number of rotatable bonds is 15. The van der Waals surface area contributed by atoms with Crippen LogP contribution in [0.15, 0.2) is 36.7 Å². The normalized spacial score (nSPS) is 16.8. The minimum Gasteiger partial charge on any atom is -0.478 e. The highest BCUT2D eigenvalue weighted by molar-refractivity contribution is 5.97. The van der Waals surface area contributed by atoms with E-state index in [2.05, 4.69) is 50.7 Å². The Bertz CT molecular complexity index is 1490. The highest BCUT2D eigenvalue weighted by Gasteiger charge is 2.50. The van der Waals surface area contributed by atoms with Gasteiger partial charge in [-0.1, -0.05) is 20.8 Å². The van der Waals surface area contributed by atoms with Crippen molar-refractivity contribution in [1.29, 1.82) is 0 Å². The molecular formula is C36H54FN7O7. The molecule has 0 bridgehead atoms. The summed E-state index contributed by atoms with van der Waals surface area (Å²) in [5.41, 5.74) is 0.269. The third-order valence-electron chi connectivity index (χ3n) is 9.30. The van der Waals surface area contributed by atoms with E-state index < -0.39 is 17.8 Å². The molecule has 2 aliphatic rings. The molecule has 0 aliphatic carbocycles. The van der Waals surface area contributed by atoms with Gasteiger partial charge in [-0.15, -0.1) is 10.2 Å². The molecule has 4 rings (SSSR count). The van der Waals surface area contributed by atoms with Crippen molar-refractivity contribution in [2.45, 2.75) is 85.5 Å². The summed E-state index contributed by atoms with van der Waals surface area (Å²) in [6.07, 6.45) is 3.94. The topological polar surface area (TPSA) is 173 Å². The maximum Gasteiger partial charge on any atom is 0.328 e. The smallest absolute Gasteiger partial charge is 0.328 e. The van der Waals surface area contributed by atoms with E-state index in [0.717, 1.165) is 45.6 Å². The van der Waals surface area contributed by atoms with Crippen LogP contribution in [0.5, 0.6) is 11.6 Å². The molecule has 1 aromatic carbocycles. The number of carbonyl (C=O) groups is 3. The van der Waals surface area contributed by atoms with Crippen molar-refractivity contribution in [1.82, 2.24) is 29.9 Å². The van der Waals surface area contributed by atoms with Crippen molar-refractivity contribution in [3.05, 3.63) is 48.1 Å². The number of hydrogen-bond donors (Lipinski definition) is 3. The molecule has 15 heteroatoms. The maximum absolute atomic E-state index is 14.4. The zero-order valence-corrected chi connectivity index (χ0v) is 31.0. The largest absolute Gasteiger partial charge is 0.478 e. The fraction of sp³-hybridized carbons (Fsp3) is 0.611. The van der Waals surface area contributed by atoms with Crippen LogP contribution in [0.4, 0.5) is 10.2 Å². The summed E-state index contributed by atoms with van der Waals surface area (Å²) < 4.78 is 20.6. The minimum absolute atomic E-state index is 0.0727. The van der Waals surface area contributed by atoms with E-state index in [1.54, 1.807) is 4.90 Å². The Morgan fingerprint density at radius 3 is 2.22 bits per heavy atom. The number of hydrogen-bond acceptors (Lipinski definition) is 11. The number of aromatic nitrogens is 3. The number of aliphatic hydroxyl groups is 1. The Balaban J connectivity index is 0.000000783. The number of likely N-dealkylation sites (tertiary alicyclic amines) is 1. The Morgan fingerprint density at radius 2 is 1.67 bits per heavy atom. The number of nitrogens with zero attached hydrogens (tertiary/aromatic N) is 7. The molecule has 3 N–H and O–H groups in total. The van der Waals surface area contributed by atoms with Gasteiger partial charge in [0.1, 0.15) is 17.9 Å². The predicted octanol–water partition coefficient (Wildman–Crippen LogP) is 4.01. The molecular weight excluding hydrogens is 661 g/mol. The number of anilines is 1. The molecule has 2 atom stereocenters. The first-order chi connectivity index (χ1) is 24.0. The fourth-order valence-corrected chi connectivity index (χ4v) is 6.86. The van der Waals surface area contributed by atoms with Crippen LogP contribution in [0.1, 0.15) is 71.7 Å². The van der Waals surface area contributed by atoms with Gasteiger partial charge in [0.15, 0.2) is 5.82 Å². The van der Waals surface area contributed by atoms with E-state index in [0.29, 0.717) is 36.5 Å². The van der Waals surface area contributed by atoms with E-state index >= 15 is 0 Å². The van der Waals surface area contributed by atoms with Crippen molar-refractivity contribution in [2.24, 2.45) is 11.3 Å². The summed E-state index contributed by atoms with van der Waals surface area (Å²) in [6.45, 7) is 19.4. The first kappa shape index (κ1) is 41.2. The van der Waals surface area contributed by atoms with Crippen LogP contribution < -0.4 is 9.64 Å². The number of carboxylic acid groups (broad SMARTS) is 2. The quantitative estimate of drug-likeness (QED) is 0.226. The van der Waals surface area contributed by atoms with Gasteiger partial charge in [-0.2, -0.15) is 0 Å². The van der Waals surface area contributed by atoms with Crippen molar-refractivity contribution in [2.75, 3.05) is 51.2 Å². The van der Waals surface area contributed by atoms with Gasteiger partial charge in [0, 0.05) is 68.4 Å².